The molecule has 3 aromatic rings. The van der Waals surface area contributed by atoms with E-state index < -0.39 is 5.97 Å². The van der Waals surface area contributed by atoms with Gasteiger partial charge in [0.1, 0.15) is 12.4 Å². The molecule has 0 bridgehead atoms. The lowest BCUT2D eigenvalue weighted by molar-refractivity contribution is 0.0526. The Morgan fingerprint density at radius 2 is 1.83 bits per heavy atom. The van der Waals surface area contributed by atoms with Crippen molar-refractivity contribution < 1.29 is 14.3 Å². The lowest BCUT2D eigenvalue weighted by Crippen LogP contribution is -2.03. The maximum absolute atomic E-state index is 11.6. The average Bonchev–Trinajstić information content (AvgIpc) is 3.12. The maximum Gasteiger partial charge on any atom is 0.369 e. The molecule has 1 heterocycles. The van der Waals surface area contributed by atoms with E-state index in [-0.39, 0.29) is 5.01 Å². The number of rotatable bonds is 6. The van der Waals surface area contributed by atoms with Gasteiger partial charge in [-0.15, -0.1) is 0 Å². The average molecular weight is 340 g/mol. The van der Waals surface area contributed by atoms with Crippen LogP contribution in [-0.2, 0) is 11.3 Å². The van der Waals surface area contributed by atoms with Gasteiger partial charge in [-0.1, -0.05) is 30.3 Å². The molecule has 0 saturated heterocycles. The largest absolute Gasteiger partial charge is 0.489 e. The smallest absolute Gasteiger partial charge is 0.369 e. The fourth-order valence-corrected chi connectivity index (χ4v) is 2.64. The molecule has 0 N–H and O–H groups in total. The SMILES string of the molecule is CCOC(=O)c1nc(-c2ccc(OCc3ccccc3)cc2)ns1. The van der Waals surface area contributed by atoms with E-state index >= 15 is 0 Å². The van der Waals surface area contributed by atoms with Gasteiger partial charge in [0.15, 0.2) is 5.82 Å². The van der Waals surface area contributed by atoms with Gasteiger partial charge in [0.2, 0.25) is 5.01 Å². The third kappa shape index (κ3) is 3.97. The van der Waals surface area contributed by atoms with Crippen molar-refractivity contribution in [2.75, 3.05) is 6.61 Å². The fraction of sp³-hybridized carbons (Fsp3) is 0.167. The van der Waals surface area contributed by atoms with E-state index in [9.17, 15) is 4.79 Å². The molecule has 0 aliphatic carbocycles. The first-order chi connectivity index (χ1) is 11.8. The lowest BCUT2D eigenvalue weighted by atomic mass is 10.2. The highest BCUT2D eigenvalue weighted by atomic mass is 32.1. The number of ether oxygens (including phenoxy) is 2. The van der Waals surface area contributed by atoms with E-state index in [4.69, 9.17) is 9.47 Å². The summed E-state index contributed by atoms with van der Waals surface area (Å²) in [5.41, 5.74) is 1.94. The molecule has 1 aromatic heterocycles. The summed E-state index contributed by atoms with van der Waals surface area (Å²) >= 11 is 1.04. The van der Waals surface area contributed by atoms with Crippen LogP contribution < -0.4 is 4.74 Å². The molecule has 0 atom stereocenters. The Balaban J connectivity index is 1.65. The van der Waals surface area contributed by atoms with Crippen molar-refractivity contribution >= 4 is 17.5 Å². The van der Waals surface area contributed by atoms with Crippen LogP contribution in [-0.4, -0.2) is 21.9 Å². The predicted octanol–water partition coefficient (Wildman–Crippen LogP) is 3.96. The number of benzene rings is 2. The van der Waals surface area contributed by atoms with E-state index in [0.717, 1.165) is 28.4 Å². The van der Waals surface area contributed by atoms with Crippen LogP contribution in [0.3, 0.4) is 0 Å². The summed E-state index contributed by atoms with van der Waals surface area (Å²) in [4.78, 5) is 15.8. The van der Waals surface area contributed by atoms with E-state index in [1.807, 2.05) is 54.6 Å². The summed E-state index contributed by atoms with van der Waals surface area (Å²) in [7, 11) is 0. The number of hydrogen-bond donors (Lipinski definition) is 0. The van der Waals surface area contributed by atoms with Crippen LogP contribution in [0.4, 0.5) is 0 Å². The summed E-state index contributed by atoms with van der Waals surface area (Å²) in [5, 5.41) is 0.260. The summed E-state index contributed by atoms with van der Waals surface area (Å²) in [6, 6.07) is 17.5. The molecular weight excluding hydrogens is 324 g/mol. The highest BCUT2D eigenvalue weighted by molar-refractivity contribution is 7.07. The van der Waals surface area contributed by atoms with E-state index in [1.54, 1.807) is 6.92 Å². The first-order valence-corrected chi connectivity index (χ1v) is 8.31. The third-order valence-electron chi connectivity index (χ3n) is 3.24. The van der Waals surface area contributed by atoms with E-state index in [1.165, 1.54) is 0 Å². The molecule has 3 rings (SSSR count). The highest BCUT2D eigenvalue weighted by Crippen LogP contribution is 2.22. The van der Waals surface area contributed by atoms with Crippen molar-refractivity contribution in [3.05, 3.63) is 65.2 Å². The molecule has 6 heteroatoms. The zero-order valence-electron chi connectivity index (χ0n) is 13.1. The van der Waals surface area contributed by atoms with E-state index in [2.05, 4.69) is 9.36 Å². The van der Waals surface area contributed by atoms with Crippen molar-refractivity contribution in [3.63, 3.8) is 0 Å². The Kier molecular flexibility index (Phi) is 5.18. The van der Waals surface area contributed by atoms with Crippen molar-refractivity contribution in [1.82, 2.24) is 9.36 Å². The minimum absolute atomic E-state index is 0.260. The topological polar surface area (TPSA) is 61.3 Å². The van der Waals surface area contributed by atoms with Gasteiger partial charge in [-0.2, -0.15) is 4.37 Å². The summed E-state index contributed by atoms with van der Waals surface area (Å²) in [6.07, 6.45) is 0. The Bertz CT molecular complexity index is 801. The van der Waals surface area contributed by atoms with Crippen molar-refractivity contribution in [3.8, 4) is 17.1 Å². The Morgan fingerprint density at radius 1 is 1.08 bits per heavy atom. The third-order valence-corrected chi connectivity index (χ3v) is 3.93. The zero-order chi connectivity index (χ0) is 16.8. The maximum atomic E-state index is 11.6. The quantitative estimate of drug-likeness (QED) is 0.636. The number of carbonyl (C=O) groups is 1. The molecule has 0 fully saturated rings. The Hall–Kier alpha value is -2.73. The van der Waals surface area contributed by atoms with Gasteiger partial charge in [0.05, 0.1) is 6.61 Å². The molecule has 2 aromatic carbocycles. The molecule has 0 spiro atoms. The van der Waals surface area contributed by atoms with Crippen molar-refractivity contribution in [2.24, 2.45) is 0 Å². The lowest BCUT2D eigenvalue weighted by Gasteiger charge is -2.06. The van der Waals surface area contributed by atoms with Gasteiger partial charge in [-0.05, 0) is 48.3 Å². The van der Waals surface area contributed by atoms with Gasteiger partial charge < -0.3 is 9.47 Å². The molecule has 0 unspecified atom stereocenters. The molecule has 0 aliphatic heterocycles. The van der Waals surface area contributed by atoms with Crippen LogP contribution in [0.1, 0.15) is 22.3 Å². The number of nitrogens with zero attached hydrogens (tertiary/aromatic N) is 2. The predicted molar refractivity (Wildman–Crippen MR) is 92.1 cm³/mol. The second-order valence-corrected chi connectivity index (χ2v) is 5.69. The minimum Gasteiger partial charge on any atom is -0.489 e. The number of carbonyl (C=O) groups excluding carboxylic acids is 1. The van der Waals surface area contributed by atoms with Crippen molar-refractivity contribution in [1.29, 1.82) is 0 Å². The van der Waals surface area contributed by atoms with Gasteiger partial charge in [-0.3, -0.25) is 0 Å². The zero-order valence-corrected chi connectivity index (χ0v) is 14.0. The monoisotopic (exact) mass is 340 g/mol. The first-order valence-electron chi connectivity index (χ1n) is 7.54. The van der Waals surface area contributed by atoms with Crippen LogP contribution in [0, 0.1) is 0 Å². The second-order valence-electron chi connectivity index (χ2n) is 4.94. The molecule has 5 nitrogen and oxygen atoms in total. The summed E-state index contributed by atoms with van der Waals surface area (Å²) in [5.74, 6) is 0.838. The van der Waals surface area contributed by atoms with Gasteiger partial charge in [-0.25, -0.2) is 9.78 Å². The molecule has 0 amide bonds. The Labute approximate surface area is 144 Å². The first kappa shape index (κ1) is 16.1. The minimum atomic E-state index is -0.441. The number of esters is 1. The highest BCUT2D eigenvalue weighted by Gasteiger charge is 2.14. The molecule has 24 heavy (non-hydrogen) atoms. The molecule has 122 valence electrons. The van der Waals surface area contributed by atoms with Crippen LogP contribution >= 0.6 is 11.5 Å². The van der Waals surface area contributed by atoms with Crippen LogP contribution in [0.2, 0.25) is 0 Å². The number of aromatic nitrogens is 2. The Morgan fingerprint density at radius 3 is 2.54 bits per heavy atom. The standard InChI is InChI=1S/C18H16N2O3S/c1-2-22-18(21)17-19-16(20-24-17)14-8-10-15(11-9-14)23-12-13-6-4-3-5-7-13/h3-11H,2,12H2,1H3. The van der Waals surface area contributed by atoms with Crippen LogP contribution in [0.5, 0.6) is 5.75 Å². The molecular formula is C18H16N2O3S. The van der Waals surface area contributed by atoms with Crippen LogP contribution in [0.15, 0.2) is 54.6 Å². The molecule has 0 saturated carbocycles. The second kappa shape index (κ2) is 7.70. The number of hydrogen-bond acceptors (Lipinski definition) is 6. The molecule has 0 radical (unpaired) electrons. The van der Waals surface area contributed by atoms with Gasteiger partial charge in [0.25, 0.3) is 0 Å². The normalized spacial score (nSPS) is 10.4. The van der Waals surface area contributed by atoms with Crippen LogP contribution in [0.25, 0.3) is 11.4 Å². The van der Waals surface area contributed by atoms with Gasteiger partial charge in [0, 0.05) is 5.56 Å². The fourth-order valence-electron chi connectivity index (χ4n) is 2.06. The summed E-state index contributed by atoms with van der Waals surface area (Å²) in [6.45, 7) is 2.59. The van der Waals surface area contributed by atoms with Crippen molar-refractivity contribution in [2.45, 2.75) is 13.5 Å². The summed E-state index contributed by atoms with van der Waals surface area (Å²) < 4.78 is 14.9. The van der Waals surface area contributed by atoms with Gasteiger partial charge >= 0.3 is 5.97 Å². The van der Waals surface area contributed by atoms with E-state index in [0.29, 0.717) is 19.0 Å². The molecule has 0 aliphatic rings.